The largest absolute Gasteiger partial charge is 0.469 e. The van der Waals surface area contributed by atoms with E-state index in [4.69, 9.17) is 25.8 Å². The van der Waals surface area contributed by atoms with E-state index >= 15 is 0 Å². The molecule has 29 heavy (non-hydrogen) atoms. The lowest BCUT2D eigenvalue weighted by atomic mass is 9.80. The number of halogens is 1. The molecular weight excluding hydrogens is 400 g/mol. The Morgan fingerprint density at radius 2 is 1.76 bits per heavy atom. The predicted octanol–water partition coefficient (Wildman–Crippen LogP) is 3.65. The molecular formula is C21H25ClO7. The van der Waals surface area contributed by atoms with Gasteiger partial charge in [0.05, 0.1) is 17.2 Å². The van der Waals surface area contributed by atoms with Crippen molar-refractivity contribution in [2.75, 3.05) is 6.61 Å². The summed E-state index contributed by atoms with van der Waals surface area (Å²) in [6.45, 7) is 5.17. The summed E-state index contributed by atoms with van der Waals surface area (Å²) in [5, 5.41) is -0.183. The zero-order valence-corrected chi connectivity index (χ0v) is 17.6. The molecule has 0 radical (unpaired) electrons. The molecule has 1 unspecified atom stereocenters. The maximum Gasteiger partial charge on any atom is 0.307 e. The number of Topliss-reactive ketones (excluding diaryl/α,β-unsaturated/α-hetero) is 2. The van der Waals surface area contributed by atoms with Crippen LogP contribution in [0.4, 0.5) is 0 Å². The average molecular weight is 425 g/mol. The summed E-state index contributed by atoms with van der Waals surface area (Å²) < 4.78 is 15.8. The number of rotatable bonds is 9. The lowest BCUT2D eigenvalue weighted by molar-refractivity contribution is -0.169. The molecule has 8 heteroatoms. The van der Waals surface area contributed by atoms with Crippen molar-refractivity contribution in [2.24, 2.45) is 0 Å². The molecule has 0 saturated heterocycles. The summed E-state index contributed by atoms with van der Waals surface area (Å²) >= 11 is 6.23. The fourth-order valence-electron chi connectivity index (χ4n) is 2.94. The zero-order valence-electron chi connectivity index (χ0n) is 16.8. The van der Waals surface area contributed by atoms with Crippen LogP contribution in [-0.2, 0) is 33.4 Å². The molecule has 7 nitrogen and oxygen atoms in total. The molecule has 0 spiro atoms. The van der Waals surface area contributed by atoms with Gasteiger partial charge in [0.25, 0.3) is 0 Å². The minimum atomic E-state index is -2.00. The van der Waals surface area contributed by atoms with E-state index < -0.39 is 23.1 Å². The summed E-state index contributed by atoms with van der Waals surface area (Å²) in [6.07, 6.45) is 5.41. The lowest BCUT2D eigenvalue weighted by Gasteiger charge is -2.33. The highest BCUT2D eigenvalue weighted by Crippen LogP contribution is 2.39. The highest BCUT2D eigenvalue weighted by molar-refractivity contribution is 6.49. The van der Waals surface area contributed by atoms with Crippen LogP contribution in [0, 0.1) is 0 Å². The van der Waals surface area contributed by atoms with Crippen molar-refractivity contribution in [1.82, 2.24) is 0 Å². The van der Waals surface area contributed by atoms with Crippen LogP contribution >= 0.6 is 11.6 Å². The lowest BCUT2D eigenvalue weighted by Crippen LogP contribution is -2.51. The second-order valence-electron chi connectivity index (χ2n) is 6.98. The number of ketones is 2. The van der Waals surface area contributed by atoms with E-state index in [1.807, 2.05) is 6.92 Å². The molecule has 1 aliphatic heterocycles. The quantitative estimate of drug-likeness (QED) is 0.316. The Labute approximate surface area is 174 Å². The van der Waals surface area contributed by atoms with Gasteiger partial charge in [-0.2, -0.15) is 0 Å². The second kappa shape index (κ2) is 9.87. The van der Waals surface area contributed by atoms with Gasteiger partial charge in [-0.15, -0.1) is 0 Å². The van der Waals surface area contributed by atoms with E-state index in [0.717, 1.165) is 6.42 Å². The Morgan fingerprint density at radius 3 is 2.41 bits per heavy atom. The van der Waals surface area contributed by atoms with Crippen LogP contribution in [0.3, 0.4) is 0 Å². The van der Waals surface area contributed by atoms with Gasteiger partial charge in [-0.25, -0.2) is 0 Å². The first-order valence-electron chi connectivity index (χ1n) is 9.69. The molecule has 158 valence electrons. The molecule has 0 aromatic heterocycles. The van der Waals surface area contributed by atoms with E-state index in [2.05, 4.69) is 0 Å². The molecule has 0 saturated carbocycles. The molecule has 0 amide bonds. The molecule has 1 heterocycles. The van der Waals surface area contributed by atoms with Crippen molar-refractivity contribution in [3.63, 3.8) is 0 Å². The molecule has 0 aromatic carbocycles. The molecule has 0 aromatic rings. The summed E-state index contributed by atoms with van der Waals surface area (Å²) in [4.78, 5) is 48.8. The van der Waals surface area contributed by atoms with Gasteiger partial charge in [-0.05, 0) is 32.3 Å². The summed E-state index contributed by atoms with van der Waals surface area (Å²) in [7, 11) is 0. The Kier molecular flexibility index (Phi) is 7.79. The number of esters is 2. The van der Waals surface area contributed by atoms with Gasteiger partial charge < -0.3 is 14.2 Å². The molecule has 0 fully saturated rings. The Balaban J connectivity index is 2.11. The maximum atomic E-state index is 12.9. The first-order chi connectivity index (χ1) is 13.7. The van der Waals surface area contributed by atoms with Gasteiger partial charge in [0.2, 0.25) is 17.2 Å². The first kappa shape index (κ1) is 22.9. The monoisotopic (exact) mass is 424 g/mol. The van der Waals surface area contributed by atoms with Crippen molar-refractivity contribution in [3.8, 4) is 0 Å². The standard InChI is InChI=1S/C21H25ClO7/c1-4-7-16(23)27-10-6-9-13-11-14-15(12-28-13)19(25)21(3,20(26)18(14)22)29-17(24)8-5-2/h11-12H,4-10H2,1-3H3. The Bertz CT molecular complexity index is 806. The Hall–Kier alpha value is -2.41. The number of allylic oxidation sites excluding steroid dienone is 3. The van der Waals surface area contributed by atoms with Crippen LogP contribution in [0.1, 0.15) is 59.3 Å². The number of carbonyl (C=O) groups excluding carboxylic acids is 4. The fraction of sp³-hybridized carbons (Fsp3) is 0.524. The van der Waals surface area contributed by atoms with Crippen LogP contribution in [-0.4, -0.2) is 35.7 Å². The van der Waals surface area contributed by atoms with Gasteiger partial charge in [-0.1, -0.05) is 25.4 Å². The first-order valence-corrected chi connectivity index (χ1v) is 10.1. The van der Waals surface area contributed by atoms with Crippen molar-refractivity contribution in [2.45, 2.75) is 64.9 Å². The third-order valence-corrected chi connectivity index (χ3v) is 4.90. The SMILES string of the molecule is CCCC(=O)OCCCC1=CC2=C(Cl)C(=O)C(C)(OC(=O)CCC)C(=O)C2=CO1. The van der Waals surface area contributed by atoms with Gasteiger partial charge in [0, 0.05) is 24.8 Å². The van der Waals surface area contributed by atoms with Crippen LogP contribution < -0.4 is 0 Å². The normalized spacial score (nSPS) is 21.1. The topological polar surface area (TPSA) is 96.0 Å². The fourth-order valence-corrected chi connectivity index (χ4v) is 3.27. The number of fused-ring (bicyclic) bond motifs is 1. The minimum Gasteiger partial charge on any atom is -0.469 e. The van der Waals surface area contributed by atoms with Crippen LogP contribution in [0.2, 0.25) is 0 Å². The number of carbonyl (C=O) groups is 4. The van der Waals surface area contributed by atoms with Crippen molar-refractivity contribution >= 4 is 35.1 Å². The molecule has 0 N–H and O–H groups in total. The van der Waals surface area contributed by atoms with Crippen LogP contribution in [0.25, 0.3) is 0 Å². The third-order valence-electron chi connectivity index (χ3n) is 4.53. The van der Waals surface area contributed by atoms with E-state index in [0.29, 0.717) is 31.4 Å². The predicted molar refractivity (Wildman–Crippen MR) is 105 cm³/mol. The summed E-state index contributed by atoms with van der Waals surface area (Å²) in [6, 6.07) is 0. The number of ether oxygens (including phenoxy) is 3. The number of hydrogen-bond acceptors (Lipinski definition) is 7. The number of hydrogen-bond donors (Lipinski definition) is 0. The van der Waals surface area contributed by atoms with E-state index in [1.54, 1.807) is 6.92 Å². The van der Waals surface area contributed by atoms with Gasteiger partial charge in [-0.3, -0.25) is 19.2 Å². The molecule has 2 aliphatic rings. The highest BCUT2D eigenvalue weighted by Gasteiger charge is 2.52. The van der Waals surface area contributed by atoms with Gasteiger partial charge >= 0.3 is 11.9 Å². The Morgan fingerprint density at radius 1 is 1.10 bits per heavy atom. The zero-order chi connectivity index (χ0) is 21.6. The minimum absolute atomic E-state index is 0.0829. The van der Waals surface area contributed by atoms with Crippen LogP contribution in [0.5, 0.6) is 0 Å². The van der Waals surface area contributed by atoms with Crippen molar-refractivity contribution < 1.29 is 33.4 Å². The van der Waals surface area contributed by atoms with Crippen LogP contribution in [0.15, 0.2) is 34.3 Å². The molecule has 2 rings (SSSR count). The molecule has 1 atom stereocenters. The van der Waals surface area contributed by atoms with E-state index in [1.165, 1.54) is 19.3 Å². The van der Waals surface area contributed by atoms with Gasteiger partial charge in [0.15, 0.2) is 0 Å². The second-order valence-corrected chi connectivity index (χ2v) is 7.36. The van der Waals surface area contributed by atoms with E-state index in [9.17, 15) is 19.2 Å². The molecule has 0 bridgehead atoms. The smallest absolute Gasteiger partial charge is 0.307 e. The average Bonchev–Trinajstić information content (AvgIpc) is 2.68. The molecule has 1 aliphatic carbocycles. The third kappa shape index (κ3) is 5.15. The maximum absolute atomic E-state index is 12.9. The van der Waals surface area contributed by atoms with E-state index in [-0.39, 0.29) is 35.2 Å². The summed E-state index contributed by atoms with van der Waals surface area (Å²) in [5.74, 6) is -1.84. The van der Waals surface area contributed by atoms with Gasteiger partial charge in [0.1, 0.15) is 12.0 Å². The van der Waals surface area contributed by atoms with Crippen molar-refractivity contribution in [3.05, 3.63) is 34.3 Å². The van der Waals surface area contributed by atoms with Crippen molar-refractivity contribution in [1.29, 1.82) is 0 Å². The summed E-state index contributed by atoms with van der Waals surface area (Å²) in [5.41, 5.74) is -1.67. The highest BCUT2D eigenvalue weighted by atomic mass is 35.5.